The van der Waals surface area contributed by atoms with Gasteiger partial charge in [0.15, 0.2) is 0 Å². The van der Waals surface area contributed by atoms with Crippen molar-refractivity contribution in [2.45, 2.75) is 50.5 Å². The molecule has 1 aromatic carbocycles. The molecule has 1 unspecified atom stereocenters. The van der Waals surface area contributed by atoms with E-state index in [-0.39, 0.29) is 0 Å². The normalized spacial score (nSPS) is 22.3. The number of benzene rings is 1. The minimum absolute atomic E-state index is 0.723. The first-order chi connectivity index (χ1) is 8.83. The van der Waals surface area contributed by atoms with Gasteiger partial charge in [-0.3, -0.25) is 0 Å². The predicted molar refractivity (Wildman–Crippen MR) is 79.9 cm³/mol. The van der Waals surface area contributed by atoms with E-state index in [2.05, 4.69) is 45.5 Å². The Labute approximate surface area is 118 Å². The average Bonchev–Trinajstić information content (AvgIpc) is 3.05. The summed E-state index contributed by atoms with van der Waals surface area (Å²) in [5.74, 6) is 1.62. The summed E-state index contributed by atoms with van der Waals surface area (Å²) in [5, 5.41) is 3.73. The molecule has 98 valence electrons. The van der Waals surface area contributed by atoms with Crippen LogP contribution in [0.15, 0.2) is 28.7 Å². The number of halogens is 1. The van der Waals surface area contributed by atoms with Gasteiger partial charge in [0.25, 0.3) is 0 Å². The van der Waals surface area contributed by atoms with Crippen LogP contribution in [0.4, 0.5) is 0 Å². The summed E-state index contributed by atoms with van der Waals surface area (Å²) in [6.45, 7) is 1.18. The second-order valence-corrected chi connectivity index (χ2v) is 6.80. The standard InChI is InChI=1S/C16H22BrN/c17-14-7-5-13(6-8-14)16(11-18-15-9-10-15)12-3-1-2-4-12/h5-8,12,15-16,18H,1-4,9-11H2. The second kappa shape index (κ2) is 5.75. The maximum absolute atomic E-state index is 3.73. The maximum atomic E-state index is 3.73. The lowest BCUT2D eigenvalue weighted by molar-refractivity contribution is 0.410. The lowest BCUT2D eigenvalue weighted by Crippen LogP contribution is -2.27. The van der Waals surface area contributed by atoms with Gasteiger partial charge in [-0.05, 0) is 55.2 Å². The van der Waals surface area contributed by atoms with Gasteiger partial charge in [0, 0.05) is 17.1 Å². The van der Waals surface area contributed by atoms with Crippen LogP contribution in [-0.4, -0.2) is 12.6 Å². The zero-order valence-electron chi connectivity index (χ0n) is 10.9. The summed E-state index contributed by atoms with van der Waals surface area (Å²) >= 11 is 3.53. The van der Waals surface area contributed by atoms with Gasteiger partial charge in [0.05, 0.1) is 0 Å². The molecule has 1 nitrogen and oxygen atoms in total. The Kier molecular flexibility index (Phi) is 4.05. The highest BCUT2D eigenvalue weighted by atomic mass is 79.9. The Morgan fingerprint density at radius 3 is 2.33 bits per heavy atom. The Hall–Kier alpha value is -0.340. The quantitative estimate of drug-likeness (QED) is 0.846. The minimum Gasteiger partial charge on any atom is -0.313 e. The van der Waals surface area contributed by atoms with Crippen molar-refractivity contribution >= 4 is 15.9 Å². The van der Waals surface area contributed by atoms with E-state index in [1.54, 1.807) is 0 Å². The molecule has 0 bridgehead atoms. The largest absolute Gasteiger partial charge is 0.313 e. The summed E-state index contributed by atoms with van der Waals surface area (Å²) < 4.78 is 1.19. The van der Waals surface area contributed by atoms with E-state index in [9.17, 15) is 0 Å². The molecular formula is C16H22BrN. The van der Waals surface area contributed by atoms with Crippen molar-refractivity contribution in [2.75, 3.05) is 6.54 Å². The first-order valence-electron chi connectivity index (χ1n) is 7.32. The summed E-state index contributed by atoms with van der Waals surface area (Å²) in [6, 6.07) is 9.82. The van der Waals surface area contributed by atoms with E-state index in [1.807, 2.05) is 0 Å². The van der Waals surface area contributed by atoms with E-state index < -0.39 is 0 Å². The van der Waals surface area contributed by atoms with Crippen LogP contribution in [0.5, 0.6) is 0 Å². The van der Waals surface area contributed by atoms with Gasteiger partial charge in [-0.15, -0.1) is 0 Å². The third-order valence-corrected chi connectivity index (χ3v) is 5.00. The van der Waals surface area contributed by atoms with Gasteiger partial charge >= 0.3 is 0 Å². The van der Waals surface area contributed by atoms with Crippen LogP contribution >= 0.6 is 15.9 Å². The summed E-state index contributed by atoms with van der Waals surface area (Å²) in [6.07, 6.45) is 8.48. The van der Waals surface area contributed by atoms with Crippen LogP contribution in [-0.2, 0) is 0 Å². The van der Waals surface area contributed by atoms with E-state index in [0.717, 1.165) is 17.9 Å². The van der Waals surface area contributed by atoms with Crippen LogP contribution in [0.3, 0.4) is 0 Å². The zero-order chi connectivity index (χ0) is 12.4. The number of rotatable bonds is 5. The fourth-order valence-electron chi connectivity index (χ4n) is 3.21. The van der Waals surface area contributed by atoms with Crippen LogP contribution in [0.1, 0.15) is 50.0 Å². The van der Waals surface area contributed by atoms with E-state index in [0.29, 0.717) is 0 Å². The van der Waals surface area contributed by atoms with Gasteiger partial charge in [-0.25, -0.2) is 0 Å². The zero-order valence-corrected chi connectivity index (χ0v) is 12.5. The molecule has 0 spiro atoms. The van der Waals surface area contributed by atoms with Crippen molar-refractivity contribution in [3.05, 3.63) is 34.3 Å². The molecular weight excluding hydrogens is 286 g/mol. The lowest BCUT2D eigenvalue weighted by Gasteiger charge is -2.24. The topological polar surface area (TPSA) is 12.0 Å². The van der Waals surface area contributed by atoms with Gasteiger partial charge in [0.2, 0.25) is 0 Å². The number of nitrogens with one attached hydrogen (secondary N) is 1. The molecule has 1 atom stereocenters. The van der Waals surface area contributed by atoms with E-state index in [4.69, 9.17) is 0 Å². The molecule has 1 aromatic rings. The van der Waals surface area contributed by atoms with Gasteiger partial charge in [-0.2, -0.15) is 0 Å². The van der Waals surface area contributed by atoms with Gasteiger partial charge < -0.3 is 5.32 Å². The fraction of sp³-hybridized carbons (Fsp3) is 0.625. The van der Waals surface area contributed by atoms with Crippen molar-refractivity contribution in [2.24, 2.45) is 5.92 Å². The van der Waals surface area contributed by atoms with E-state index >= 15 is 0 Å². The fourth-order valence-corrected chi connectivity index (χ4v) is 3.47. The van der Waals surface area contributed by atoms with Crippen LogP contribution in [0.25, 0.3) is 0 Å². The molecule has 0 heterocycles. The van der Waals surface area contributed by atoms with Crippen molar-refractivity contribution in [3.8, 4) is 0 Å². The number of hydrogen-bond donors (Lipinski definition) is 1. The Bertz CT molecular complexity index is 377. The molecule has 2 aliphatic rings. The molecule has 2 fully saturated rings. The number of hydrogen-bond acceptors (Lipinski definition) is 1. The average molecular weight is 308 g/mol. The Balaban J connectivity index is 1.71. The van der Waals surface area contributed by atoms with E-state index in [1.165, 1.54) is 55.1 Å². The minimum atomic E-state index is 0.723. The molecule has 0 aromatic heterocycles. The molecule has 2 saturated carbocycles. The molecule has 0 radical (unpaired) electrons. The maximum Gasteiger partial charge on any atom is 0.0175 e. The molecule has 18 heavy (non-hydrogen) atoms. The molecule has 0 aliphatic heterocycles. The summed E-state index contributed by atoms with van der Waals surface area (Å²) in [7, 11) is 0. The van der Waals surface area contributed by atoms with Gasteiger partial charge in [0.1, 0.15) is 0 Å². The molecule has 0 amide bonds. The highest BCUT2D eigenvalue weighted by Crippen LogP contribution is 2.37. The highest BCUT2D eigenvalue weighted by molar-refractivity contribution is 9.10. The first kappa shape index (κ1) is 12.7. The monoisotopic (exact) mass is 307 g/mol. The van der Waals surface area contributed by atoms with Crippen molar-refractivity contribution < 1.29 is 0 Å². The van der Waals surface area contributed by atoms with Crippen molar-refractivity contribution in [1.82, 2.24) is 5.32 Å². The smallest absolute Gasteiger partial charge is 0.0175 e. The molecule has 2 heteroatoms. The summed E-state index contributed by atoms with van der Waals surface area (Å²) in [4.78, 5) is 0. The summed E-state index contributed by atoms with van der Waals surface area (Å²) in [5.41, 5.74) is 1.53. The molecule has 2 aliphatic carbocycles. The molecule has 3 rings (SSSR count). The van der Waals surface area contributed by atoms with Gasteiger partial charge in [-0.1, -0.05) is 40.9 Å². The predicted octanol–water partition coefficient (Wildman–Crippen LogP) is 4.47. The van der Waals surface area contributed by atoms with Crippen LogP contribution in [0.2, 0.25) is 0 Å². The Morgan fingerprint density at radius 2 is 1.72 bits per heavy atom. The van der Waals surface area contributed by atoms with Crippen LogP contribution < -0.4 is 5.32 Å². The third-order valence-electron chi connectivity index (χ3n) is 4.47. The SMILES string of the molecule is Brc1ccc(C(CNC2CC2)C2CCCC2)cc1. The first-order valence-corrected chi connectivity index (χ1v) is 8.11. The second-order valence-electron chi connectivity index (χ2n) is 5.89. The van der Waals surface area contributed by atoms with Crippen molar-refractivity contribution in [1.29, 1.82) is 0 Å². The van der Waals surface area contributed by atoms with Crippen molar-refractivity contribution in [3.63, 3.8) is 0 Å². The van der Waals surface area contributed by atoms with Crippen LogP contribution in [0, 0.1) is 5.92 Å². The molecule has 1 N–H and O–H groups in total. The lowest BCUT2D eigenvalue weighted by atomic mass is 9.85. The Morgan fingerprint density at radius 1 is 1.06 bits per heavy atom. The molecule has 0 saturated heterocycles. The highest BCUT2D eigenvalue weighted by Gasteiger charge is 2.28. The third kappa shape index (κ3) is 3.16.